The third kappa shape index (κ3) is 4.23. The second kappa shape index (κ2) is 8.55. The summed E-state index contributed by atoms with van der Waals surface area (Å²) in [6, 6.07) is 19.3. The number of carbonyl (C=O) groups is 1. The number of anilines is 1. The summed E-state index contributed by atoms with van der Waals surface area (Å²) in [4.78, 5) is 21.5. The van der Waals surface area contributed by atoms with Crippen LogP contribution in [0, 0.1) is 0 Å². The van der Waals surface area contributed by atoms with Gasteiger partial charge in [-0.2, -0.15) is 0 Å². The van der Waals surface area contributed by atoms with Crippen molar-refractivity contribution in [2.45, 2.75) is 6.42 Å². The van der Waals surface area contributed by atoms with E-state index in [9.17, 15) is 4.79 Å². The number of thiophene rings is 1. The van der Waals surface area contributed by atoms with Crippen molar-refractivity contribution in [3.63, 3.8) is 0 Å². The molecule has 2 aromatic heterocycles. The number of ketones is 1. The molecular weight excluding hydrogens is 416 g/mol. The van der Waals surface area contributed by atoms with Crippen molar-refractivity contribution in [3.8, 4) is 11.5 Å². The maximum Gasteiger partial charge on any atom is 0.187 e. The summed E-state index contributed by atoms with van der Waals surface area (Å²) in [5.74, 6) is 1.62. The molecule has 0 bridgehead atoms. The molecule has 0 spiro atoms. The van der Waals surface area contributed by atoms with Crippen molar-refractivity contribution < 1.29 is 14.3 Å². The highest BCUT2D eigenvalue weighted by molar-refractivity contribution is 7.29. The number of nitrogens with zero attached hydrogens (tertiary/aromatic N) is 2. The van der Waals surface area contributed by atoms with Crippen LogP contribution < -0.4 is 9.64 Å². The first kappa shape index (κ1) is 19.2. The maximum atomic E-state index is 12.9. The highest BCUT2D eigenvalue weighted by Gasteiger charge is 2.19. The van der Waals surface area contributed by atoms with Crippen LogP contribution in [0.3, 0.4) is 0 Å². The van der Waals surface area contributed by atoms with Crippen LogP contribution in [0.15, 0.2) is 60.7 Å². The molecule has 1 fully saturated rings. The Kier molecular flexibility index (Phi) is 5.48. The molecule has 0 atom stereocenters. The number of hydrogen-bond acceptors (Lipinski definition) is 7. The van der Waals surface area contributed by atoms with Gasteiger partial charge in [0.2, 0.25) is 0 Å². The fraction of sp³-hybridized carbons (Fsp3) is 0.217. The largest absolute Gasteiger partial charge is 0.457 e. The number of benzene rings is 2. The van der Waals surface area contributed by atoms with Gasteiger partial charge in [-0.05, 0) is 35.9 Å². The van der Waals surface area contributed by atoms with E-state index < -0.39 is 0 Å². The van der Waals surface area contributed by atoms with E-state index in [1.165, 1.54) is 11.3 Å². The molecule has 1 aliphatic heterocycles. The molecule has 0 N–H and O–H groups in total. The second-order valence-corrected chi connectivity index (χ2v) is 9.08. The summed E-state index contributed by atoms with van der Waals surface area (Å²) in [6.45, 7) is 3.22. The quantitative estimate of drug-likeness (QED) is 0.378. The number of hydrogen-bond donors (Lipinski definition) is 0. The van der Waals surface area contributed by atoms with Gasteiger partial charge in [0.25, 0.3) is 0 Å². The van der Waals surface area contributed by atoms with Crippen LogP contribution in [0.2, 0.25) is 0 Å². The molecule has 1 saturated heterocycles. The lowest BCUT2D eigenvalue weighted by atomic mass is 10.1. The van der Waals surface area contributed by atoms with E-state index in [0.717, 1.165) is 62.9 Å². The highest BCUT2D eigenvalue weighted by atomic mass is 32.1. The number of para-hydroxylation sites is 1. The third-order valence-electron chi connectivity index (χ3n) is 4.88. The zero-order valence-electron chi connectivity index (χ0n) is 16.2. The van der Waals surface area contributed by atoms with E-state index in [2.05, 4.69) is 4.90 Å². The zero-order valence-corrected chi connectivity index (χ0v) is 17.9. The van der Waals surface area contributed by atoms with Gasteiger partial charge in [0, 0.05) is 19.5 Å². The fourth-order valence-corrected chi connectivity index (χ4v) is 5.57. The third-order valence-corrected chi connectivity index (χ3v) is 7.14. The first-order chi connectivity index (χ1) is 14.7. The Morgan fingerprint density at radius 3 is 2.60 bits per heavy atom. The van der Waals surface area contributed by atoms with E-state index in [4.69, 9.17) is 14.5 Å². The number of thiazole rings is 1. The summed E-state index contributed by atoms with van der Waals surface area (Å²) < 4.78 is 12.4. The number of morpholine rings is 1. The molecular formula is C23H20N2O3S2. The monoisotopic (exact) mass is 436 g/mol. The van der Waals surface area contributed by atoms with Crippen molar-refractivity contribution in [2.75, 3.05) is 31.2 Å². The minimum absolute atomic E-state index is 0.106. The smallest absolute Gasteiger partial charge is 0.187 e. The Labute approximate surface area is 182 Å². The minimum Gasteiger partial charge on any atom is -0.457 e. The van der Waals surface area contributed by atoms with Crippen LogP contribution in [0.25, 0.3) is 9.53 Å². The lowest BCUT2D eigenvalue weighted by Crippen LogP contribution is -2.36. The van der Waals surface area contributed by atoms with Crippen molar-refractivity contribution in [2.24, 2.45) is 0 Å². The normalized spacial score (nSPS) is 14.2. The fourth-order valence-electron chi connectivity index (χ4n) is 3.37. The Morgan fingerprint density at radius 2 is 1.80 bits per heavy atom. The number of Topliss-reactive ketones (excluding diaryl/α,β-unsaturated/α-hetero) is 1. The van der Waals surface area contributed by atoms with Gasteiger partial charge in [0.05, 0.1) is 22.8 Å². The number of ether oxygens (including phenoxy) is 2. The van der Waals surface area contributed by atoms with Gasteiger partial charge in [0.15, 0.2) is 10.9 Å². The van der Waals surface area contributed by atoms with E-state index in [-0.39, 0.29) is 5.78 Å². The number of carbonyl (C=O) groups excluding carboxylic acids is 1. The predicted octanol–water partition coefficient (Wildman–Crippen LogP) is 5.41. The van der Waals surface area contributed by atoms with Gasteiger partial charge in [0.1, 0.15) is 16.3 Å². The molecule has 0 aliphatic carbocycles. The second-order valence-electron chi connectivity index (χ2n) is 7.04. The average Bonchev–Trinajstić information content (AvgIpc) is 3.35. The van der Waals surface area contributed by atoms with Gasteiger partial charge in [-0.25, -0.2) is 4.98 Å². The van der Waals surface area contributed by atoms with Crippen molar-refractivity contribution in [3.05, 3.63) is 71.1 Å². The Morgan fingerprint density at radius 1 is 1.00 bits per heavy atom. The zero-order chi connectivity index (χ0) is 20.3. The summed E-state index contributed by atoms with van der Waals surface area (Å²) in [7, 11) is 0. The Bertz CT molecular complexity index is 1130. The summed E-state index contributed by atoms with van der Waals surface area (Å²) >= 11 is 3.13. The molecule has 2 aromatic carbocycles. The van der Waals surface area contributed by atoms with Crippen LogP contribution in [0.5, 0.6) is 11.5 Å². The SMILES string of the molecule is O=C(Cc1cccc(Oc2ccccc2)c1)c1cc2sc(N3CCOCC3)nc2s1. The molecule has 5 rings (SSSR count). The molecule has 0 radical (unpaired) electrons. The van der Waals surface area contributed by atoms with Gasteiger partial charge >= 0.3 is 0 Å². The maximum absolute atomic E-state index is 12.9. The lowest BCUT2D eigenvalue weighted by Gasteiger charge is -2.25. The molecule has 7 heteroatoms. The highest BCUT2D eigenvalue weighted by Crippen LogP contribution is 2.35. The lowest BCUT2D eigenvalue weighted by molar-refractivity contribution is 0.0997. The molecule has 0 amide bonds. The molecule has 152 valence electrons. The summed E-state index contributed by atoms with van der Waals surface area (Å²) in [5, 5.41) is 1.02. The van der Waals surface area contributed by atoms with Crippen molar-refractivity contribution in [1.29, 1.82) is 0 Å². The molecule has 3 heterocycles. The molecule has 5 nitrogen and oxygen atoms in total. The van der Waals surface area contributed by atoms with Crippen LogP contribution >= 0.6 is 22.7 Å². The number of rotatable bonds is 6. The first-order valence-electron chi connectivity index (χ1n) is 9.83. The van der Waals surface area contributed by atoms with Gasteiger partial charge < -0.3 is 14.4 Å². The van der Waals surface area contributed by atoms with E-state index in [1.807, 2.05) is 60.7 Å². The van der Waals surface area contributed by atoms with Gasteiger partial charge in [-0.15, -0.1) is 11.3 Å². The van der Waals surface area contributed by atoms with Crippen LogP contribution in [-0.4, -0.2) is 37.1 Å². The summed E-state index contributed by atoms with van der Waals surface area (Å²) in [5.41, 5.74) is 0.937. The van der Waals surface area contributed by atoms with E-state index in [0.29, 0.717) is 6.42 Å². The van der Waals surface area contributed by atoms with E-state index >= 15 is 0 Å². The molecule has 0 saturated carbocycles. The Balaban J connectivity index is 1.28. The number of fused-ring (bicyclic) bond motifs is 1. The minimum atomic E-state index is 0.106. The number of aromatic nitrogens is 1. The van der Waals surface area contributed by atoms with Crippen LogP contribution in [0.1, 0.15) is 15.2 Å². The average molecular weight is 437 g/mol. The van der Waals surface area contributed by atoms with Crippen molar-refractivity contribution >= 4 is 43.1 Å². The van der Waals surface area contributed by atoms with Crippen LogP contribution in [-0.2, 0) is 11.2 Å². The first-order valence-corrected chi connectivity index (χ1v) is 11.5. The van der Waals surface area contributed by atoms with E-state index in [1.54, 1.807) is 11.3 Å². The standard InChI is InChI=1S/C23H20N2O3S2/c26-19(14-16-5-4-8-18(13-16)28-17-6-2-1-3-7-17)20-15-21-22(29-20)24-23(30-21)25-9-11-27-12-10-25/h1-8,13,15H,9-12,14H2. The Hall–Kier alpha value is -2.74. The predicted molar refractivity (Wildman–Crippen MR) is 122 cm³/mol. The topological polar surface area (TPSA) is 51.7 Å². The van der Waals surface area contributed by atoms with Gasteiger partial charge in [-0.3, -0.25) is 4.79 Å². The molecule has 4 aromatic rings. The van der Waals surface area contributed by atoms with Crippen LogP contribution in [0.4, 0.5) is 5.13 Å². The molecule has 1 aliphatic rings. The summed E-state index contributed by atoms with van der Waals surface area (Å²) in [6.07, 6.45) is 0.343. The van der Waals surface area contributed by atoms with Gasteiger partial charge in [-0.1, -0.05) is 41.7 Å². The molecule has 30 heavy (non-hydrogen) atoms. The van der Waals surface area contributed by atoms with Crippen molar-refractivity contribution in [1.82, 2.24) is 4.98 Å². The molecule has 0 unspecified atom stereocenters.